The van der Waals surface area contributed by atoms with Crippen LogP contribution in [0, 0.1) is 12.7 Å². The molecule has 2 heterocycles. The second kappa shape index (κ2) is 8.83. The fourth-order valence-corrected chi connectivity index (χ4v) is 3.16. The van der Waals surface area contributed by atoms with E-state index in [2.05, 4.69) is 10.3 Å². The summed E-state index contributed by atoms with van der Waals surface area (Å²) in [6.07, 6.45) is 2.66. The van der Waals surface area contributed by atoms with E-state index in [0.717, 1.165) is 10.3 Å². The molecule has 0 unspecified atom stereocenters. The third-order valence-corrected chi connectivity index (χ3v) is 4.78. The first kappa shape index (κ1) is 21.6. The summed E-state index contributed by atoms with van der Waals surface area (Å²) < 4.78 is 20.6. The molecule has 0 radical (unpaired) electrons. The Morgan fingerprint density at radius 2 is 1.85 bits per heavy atom. The number of amides is 2. The summed E-state index contributed by atoms with van der Waals surface area (Å²) in [5.74, 6) is -0.959. The number of nitrogens with one attached hydrogen (secondary N) is 1. The number of carbonyl (C=O) groups is 2. The molecule has 4 rings (SSSR count). The summed E-state index contributed by atoms with van der Waals surface area (Å²) in [6.45, 7) is 1.80. The number of benzene rings is 2. The van der Waals surface area contributed by atoms with Gasteiger partial charge in [0.15, 0.2) is 0 Å². The molecule has 0 atom stereocenters. The quantitative estimate of drug-likeness (QED) is 0.380. The van der Waals surface area contributed by atoms with Crippen molar-refractivity contribution < 1.29 is 23.9 Å². The SMILES string of the molecule is Cc1ccc(F)c(NC(=O)c2cccc(Oc3ccnc(-c4cc(C(N)=O)cn4O)c3)c2)c1. The van der Waals surface area contributed by atoms with Crippen LogP contribution in [-0.2, 0) is 0 Å². The van der Waals surface area contributed by atoms with Crippen LogP contribution >= 0.6 is 0 Å². The number of pyridine rings is 1. The van der Waals surface area contributed by atoms with Gasteiger partial charge in [-0.15, -0.1) is 0 Å². The minimum Gasteiger partial charge on any atom is -0.457 e. The van der Waals surface area contributed by atoms with E-state index in [4.69, 9.17) is 10.5 Å². The number of hydrogen-bond donors (Lipinski definition) is 3. The van der Waals surface area contributed by atoms with Gasteiger partial charge < -0.3 is 21.0 Å². The molecule has 2 aromatic carbocycles. The maximum atomic E-state index is 14.0. The summed E-state index contributed by atoms with van der Waals surface area (Å²) in [5.41, 5.74) is 7.15. The largest absolute Gasteiger partial charge is 0.457 e. The Morgan fingerprint density at radius 3 is 2.61 bits per heavy atom. The minimum atomic E-state index is -0.683. The van der Waals surface area contributed by atoms with Gasteiger partial charge >= 0.3 is 0 Å². The third-order valence-electron chi connectivity index (χ3n) is 4.78. The molecule has 9 heteroatoms. The lowest BCUT2D eigenvalue weighted by molar-refractivity contribution is 0.0995. The zero-order valence-electron chi connectivity index (χ0n) is 17.4. The van der Waals surface area contributed by atoms with Crippen molar-refractivity contribution in [2.24, 2.45) is 5.73 Å². The van der Waals surface area contributed by atoms with Crippen LogP contribution in [0.4, 0.5) is 10.1 Å². The van der Waals surface area contributed by atoms with Crippen LogP contribution in [0.3, 0.4) is 0 Å². The smallest absolute Gasteiger partial charge is 0.255 e. The predicted molar refractivity (Wildman–Crippen MR) is 119 cm³/mol. The van der Waals surface area contributed by atoms with E-state index in [1.54, 1.807) is 49.4 Å². The maximum absolute atomic E-state index is 14.0. The fourth-order valence-electron chi connectivity index (χ4n) is 3.16. The zero-order valence-corrected chi connectivity index (χ0v) is 17.4. The van der Waals surface area contributed by atoms with Crippen LogP contribution < -0.4 is 15.8 Å². The number of halogens is 1. The predicted octanol–water partition coefficient (Wildman–Crippen LogP) is 4.38. The zero-order chi connectivity index (χ0) is 23.5. The molecule has 0 bridgehead atoms. The molecule has 0 fully saturated rings. The van der Waals surface area contributed by atoms with Crippen molar-refractivity contribution in [1.29, 1.82) is 0 Å². The lowest BCUT2D eigenvalue weighted by Crippen LogP contribution is -2.13. The Kier molecular flexibility index (Phi) is 5.77. The molecule has 0 saturated heterocycles. The Balaban J connectivity index is 1.54. The standard InChI is InChI=1S/C24H19FN4O4/c1-14-5-6-19(25)20(9-14)28-24(31)15-3-2-4-17(10-15)33-18-7-8-27-21(12-18)22-11-16(23(26)30)13-29(22)32/h2-13,32H,1H3,(H2,26,30)(H,28,31). The highest BCUT2D eigenvalue weighted by molar-refractivity contribution is 6.04. The summed E-state index contributed by atoms with van der Waals surface area (Å²) >= 11 is 0. The molecule has 4 aromatic rings. The first-order valence-electron chi connectivity index (χ1n) is 9.83. The normalized spacial score (nSPS) is 10.6. The van der Waals surface area contributed by atoms with Gasteiger partial charge in [0.1, 0.15) is 23.0 Å². The van der Waals surface area contributed by atoms with Gasteiger partial charge in [-0.1, -0.05) is 12.1 Å². The van der Waals surface area contributed by atoms with Crippen molar-refractivity contribution >= 4 is 17.5 Å². The summed E-state index contributed by atoms with van der Waals surface area (Å²) in [6, 6.07) is 15.4. The Morgan fingerprint density at radius 1 is 1.06 bits per heavy atom. The third kappa shape index (κ3) is 4.82. The van der Waals surface area contributed by atoms with Crippen LogP contribution in [0.5, 0.6) is 11.5 Å². The number of anilines is 1. The average molecular weight is 446 g/mol. The summed E-state index contributed by atoms with van der Waals surface area (Å²) in [7, 11) is 0. The van der Waals surface area contributed by atoms with Crippen molar-refractivity contribution in [2.75, 3.05) is 5.32 Å². The van der Waals surface area contributed by atoms with E-state index in [1.807, 2.05) is 0 Å². The van der Waals surface area contributed by atoms with Crippen LogP contribution in [0.25, 0.3) is 11.4 Å². The summed E-state index contributed by atoms with van der Waals surface area (Å²) in [4.78, 5) is 28.1. The van der Waals surface area contributed by atoms with E-state index < -0.39 is 17.6 Å². The molecule has 0 aliphatic rings. The second-order valence-electron chi connectivity index (χ2n) is 7.27. The lowest BCUT2D eigenvalue weighted by atomic mass is 10.1. The van der Waals surface area contributed by atoms with E-state index in [0.29, 0.717) is 17.2 Å². The van der Waals surface area contributed by atoms with Gasteiger partial charge in [-0.3, -0.25) is 14.6 Å². The number of nitrogens with zero attached hydrogens (tertiary/aromatic N) is 2. The van der Waals surface area contributed by atoms with Crippen molar-refractivity contribution in [2.45, 2.75) is 6.92 Å². The Bertz CT molecular complexity index is 1370. The van der Waals surface area contributed by atoms with Crippen LogP contribution in [0.15, 0.2) is 73.1 Å². The Hall–Kier alpha value is -4.66. The number of ether oxygens (including phenoxy) is 1. The van der Waals surface area contributed by atoms with E-state index in [-0.39, 0.29) is 22.5 Å². The molecule has 0 aliphatic carbocycles. The molecule has 0 saturated carbocycles. The number of rotatable bonds is 6. The average Bonchev–Trinajstić information content (AvgIpc) is 3.19. The molecule has 2 aromatic heterocycles. The maximum Gasteiger partial charge on any atom is 0.255 e. The molecule has 0 aliphatic heterocycles. The van der Waals surface area contributed by atoms with Crippen LogP contribution in [0.2, 0.25) is 0 Å². The fraction of sp³-hybridized carbons (Fsp3) is 0.0417. The number of aromatic nitrogens is 2. The van der Waals surface area contributed by atoms with Gasteiger partial charge in [-0.25, -0.2) is 4.39 Å². The van der Waals surface area contributed by atoms with E-state index in [9.17, 15) is 19.2 Å². The Labute approximate surface area is 188 Å². The highest BCUT2D eigenvalue weighted by Crippen LogP contribution is 2.27. The van der Waals surface area contributed by atoms with Gasteiger partial charge in [0.25, 0.3) is 5.91 Å². The lowest BCUT2D eigenvalue weighted by Gasteiger charge is -2.10. The highest BCUT2D eigenvalue weighted by atomic mass is 19.1. The monoisotopic (exact) mass is 446 g/mol. The molecule has 0 spiro atoms. The van der Waals surface area contributed by atoms with Gasteiger partial charge in [0, 0.05) is 17.8 Å². The van der Waals surface area contributed by atoms with Crippen molar-refractivity contribution in [1.82, 2.24) is 9.71 Å². The van der Waals surface area contributed by atoms with Gasteiger partial charge in [-0.2, -0.15) is 4.73 Å². The second-order valence-corrected chi connectivity index (χ2v) is 7.27. The molecule has 8 nitrogen and oxygen atoms in total. The van der Waals surface area contributed by atoms with E-state index in [1.165, 1.54) is 30.6 Å². The van der Waals surface area contributed by atoms with Gasteiger partial charge in [0.05, 0.1) is 23.1 Å². The molecular formula is C24H19FN4O4. The van der Waals surface area contributed by atoms with Crippen molar-refractivity contribution in [3.63, 3.8) is 0 Å². The summed E-state index contributed by atoms with van der Waals surface area (Å²) in [5, 5.41) is 12.6. The van der Waals surface area contributed by atoms with Crippen molar-refractivity contribution in [3.05, 3.63) is 95.6 Å². The molecule has 4 N–H and O–H groups in total. The number of aryl methyl sites for hydroxylation is 1. The number of carbonyl (C=O) groups excluding carboxylic acids is 2. The topological polar surface area (TPSA) is 119 Å². The number of primary amides is 1. The number of nitrogens with two attached hydrogens (primary N) is 1. The highest BCUT2D eigenvalue weighted by Gasteiger charge is 2.14. The van der Waals surface area contributed by atoms with Gasteiger partial charge in [0.2, 0.25) is 5.91 Å². The number of hydrogen-bond acceptors (Lipinski definition) is 5. The molecular weight excluding hydrogens is 427 g/mol. The van der Waals surface area contributed by atoms with Gasteiger partial charge in [-0.05, 0) is 55.0 Å². The first-order chi connectivity index (χ1) is 15.8. The first-order valence-corrected chi connectivity index (χ1v) is 9.83. The minimum absolute atomic E-state index is 0.0902. The molecule has 166 valence electrons. The van der Waals surface area contributed by atoms with Crippen molar-refractivity contribution in [3.8, 4) is 22.9 Å². The van der Waals surface area contributed by atoms with Crippen LogP contribution in [-0.4, -0.2) is 26.7 Å². The van der Waals surface area contributed by atoms with Crippen LogP contribution in [0.1, 0.15) is 26.3 Å². The van der Waals surface area contributed by atoms with E-state index >= 15 is 0 Å². The molecule has 2 amide bonds. The molecule has 33 heavy (non-hydrogen) atoms.